The fourth-order valence-corrected chi connectivity index (χ4v) is 0.386. The van der Waals surface area contributed by atoms with Crippen LogP contribution in [0.4, 0.5) is 0 Å². The van der Waals surface area contributed by atoms with E-state index < -0.39 is 0 Å². The molecule has 0 heterocycles. The first-order chi connectivity index (χ1) is 3.81. The molecule has 0 aliphatic heterocycles. The van der Waals surface area contributed by atoms with E-state index in [1.54, 1.807) is 0 Å². The largest absolute Gasteiger partial charge is 0.341 e. The fraction of sp³-hybridized carbons (Fsp3) is 0.500. The summed E-state index contributed by atoms with van der Waals surface area (Å²) >= 11 is 0. The van der Waals surface area contributed by atoms with Crippen LogP contribution in [0.1, 0.15) is 12.8 Å². The molecule has 9 heavy (non-hydrogen) atoms. The number of carbonyl (C=O) groups is 1. The Labute approximate surface area is 80.2 Å². The minimum Gasteiger partial charge on any atom is -0.341 e. The van der Waals surface area contributed by atoms with Gasteiger partial charge in [-0.1, -0.05) is 0 Å². The van der Waals surface area contributed by atoms with Crippen molar-refractivity contribution in [3.8, 4) is 6.07 Å². The van der Waals surface area contributed by atoms with Gasteiger partial charge in [0.15, 0.2) is 0 Å². The zero-order valence-corrected chi connectivity index (χ0v) is 10.2. The van der Waals surface area contributed by atoms with Crippen LogP contribution >= 0.6 is 9.39 Å². The molecular formula is C4H7N2OPU. The van der Waals surface area contributed by atoms with Gasteiger partial charge in [0.2, 0.25) is 5.91 Å². The molecule has 1 amide bonds. The van der Waals surface area contributed by atoms with Crippen LogP contribution in [0.15, 0.2) is 0 Å². The number of hydrogen-bond acceptors (Lipinski definition) is 2. The monoisotopic (exact) mass is 368 g/mol. The molecule has 0 aliphatic carbocycles. The summed E-state index contributed by atoms with van der Waals surface area (Å²) in [7, 11) is 2.08. The summed E-state index contributed by atoms with van der Waals surface area (Å²) < 4.78 is 0. The Hall–Kier alpha value is 0.442. The van der Waals surface area contributed by atoms with Crippen LogP contribution in [0.25, 0.3) is 0 Å². The topological polar surface area (TPSA) is 52.9 Å². The number of amides is 1. The van der Waals surface area contributed by atoms with E-state index in [0.717, 1.165) is 0 Å². The first-order valence-electron chi connectivity index (χ1n) is 2.17. The Morgan fingerprint density at radius 3 is 2.67 bits per heavy atom. The molecule has 0 fully saturated rings. The Morgan fingerprint density at radius 2 is 2.33 bits per heavy atom. The zero-order chi connectivity index (χ0) is 6.41. The molecule has 48 valence electrons. The van der Waals surface area contributed by atoms with Gasteiger partial charge in [-0.2, -0.15) is 5.26 Å². The standard InChI is InChI=1S/C4H7N2OP.U/c5-3-1-2-4(7)6-8;/h1-2,8H2,(H,6,7);. The summed E-state index contributed by atoms with van der Waals surface area (Å²) in [5, 5.41) is 10.3. The number of nitrogens with zero attached hydrogens (tertiary/aromatic N) is 1. The van der Waals surface area contributed by atoms with Crippen LogP contribution < -0.4 is 5.09 Å². The molecule has 0 saturated carbocycles. The average Bonchev–Trinajstić information content (AvgIpc) is 1.83. The molecule has 0 radical (unpaired) electrons. The van der Waals surface area contributed by atoms with Gasteiger partial charge in [-0.15, -0.1) is 0 Å². The molecule has 0 spiro atoms. The third kappa shape index (κ3) is 8.44. The summed E-state index contributed by atoms with van der Waals surface area (Å²) in [5.41, 5.74) is 0. The molecule has 0 saturated heterocycles. The predicted octanol–water partition coefficient (Wildman–Crippen LogP) is 0.196. The van der Waals surface area contributed by atoms with Crippen molar-refractivity contribution in [3.05, 3.63) is 0 Å². The van der Waals surface area contributed by atoms with Crippen LogP contribution in [0.3, 0.4) is 0 Å². The maximum atomic E-state index is 10.3. The second-order valence-electron chi connectivity index (χ2n) is 1.23. The molecule has 3 nitrogen and oxygen atoms in total. The van der Waals surface area contributed by atoms with Crippen LogP contribution in [0, 0.1) is 42.4 Å². The number of nitriles is 1. The van der Waals surface area contributed by atoms with Gasteiger partial charge < -0.3 is 5.09 Å². The van der Waals surface area contributed by atoms with E-state index in [2.05, 4.69) is 14.5 Å². The third-order valence-electron chi connectivity index (χ3n) is 0.625. The van der Waals surface area contributed by atoms with E-state index in [0.29, 0.717) is 12.8 Å². The molecular weight excluding hydrogens is 361 g/mol. The molecule has 0 rings (SSSR count). The third-order valence-corrected chi connectivity index (χ3v) is 0.947. The van der Waals surface area contributed by atoms with Crippen LogP contribution in [-0.2, 0) is 4.79 Å². The van der Waals surface area contributed by atoms with E-state index in [9.17, 15) is 4.79 Å². The number of nitrogens with one attached hydrogen (secondary N) is 1. The maximum absolute atomic E-state index is 10.3. The summed E-state index contributed by atoms with van der Waals surface area (Å²) in [6, 6.07) is 1.86. The summed E-state index contributed by atoms with van der Waals surface area (Å²) in [5.74, 6) is -0.114. The molecule has 1 atom stereocenters. The van der Waals surface area contributed by atoms with Crippen molar-refractivity contribution >= 4 is 15.3 Å². The van der Waals surface area contributed by atoms with Gasteiger partial charge in [0.25, 0.3) is 0 Å². The van der Waals surface area contributed by atoms with Gasteiger partial charge in [0.05, 0.1) is 6.07 Å². The zero-order valence-electron chi connectivity index (χ0n) is 4.85. The molecule has 0 aromatic carbocycles. The predicted molar refractivity (Wildman–Crippen MR) is 32.7 cm³/mol. The normalized spacial score (nSPS) is 6.67. The summed E-state index contributed by atoms with van der Waals surface area (Å²) in [6.07, 6.45) is 0.584. The van der Waals surface area contributed by atoms with E-state index in [1.807, 2.05) is 6.07 Å². The van der Waals surface area contributed by atoms with Crippen LogP contribution in [0.5, 0.6) is 0 Å². The number of carbonyl (C=O) groups excluding carboxylic acids is 1. The Bertz CT molecular complexity index is 122. The van der Waals surface area contributed by atoms with Gasteiger partial charge in [-0.25, -0.2) is 0 Å². The van der Waals surface area contributed by atoms with Crippen molar-refractivity contribution in [1.82, 2.24) is 5.09 Å². The van der Waals surface area contributed by atoms with Gasteiger partial charge in [0, 0.05) is 44.0 Å². The minimum absolute atomic E-state index is 0. The molecule has 0 bridgehead atoms. The summed E-state index contributed by atoms with van der Waals surface area (Å²) in [6.45, 7) is 0. The Kier molecular flexibility index (Phi) is 11.4. The van der Waals surface area contributed by atoms with Gasteiger partial charge in [0.1, 0.15) is 0 Å². The van der Waals surface area contributed by atoms with Crippen molar-refractivity contribution in [2.24, 2.45) is 0 Å². The second-order valence-corrected chi connectivity index (χ2v) is 1.51. The van der Waals surface area contributed by atoms with Gasteiger partial charge in [-0.05, 0) is 9.39 Å². The van der Waals surface area contributed by atoms with E-state index >= 15 is 0 Å². The summed E-state index contributed by atoms with van der Waals surface area (Å²) in [4.78, 5) is 10.3. The number of rotatable bonds is 2. The molecule has 0 aliphatic rings. The Balaban J connectivity index is 0. The molecule has 1 unspecified atom stereocenters. The van der Waals surface area contributed by atoms with Crippen LogP contribution in [0.2, 0.25) is 0 Å². The first kappa shape index (κ1) is 12.1. The maximum Gasteiger partial charge on any atom is 0.223 e. The minimum atomic E-state index is -0.114. The number of hydrogen-bond donors (Lipinski definition) is 1. The molecule has 1 N–H and O–H groups in total. The van der Waals surface area contributed by atoms with E-state index in [1.165, 1.54) is 0 Å². The second kappa shape index (κ2) is 8.44. The smallest absolute Gasteiger partial charge is 0.223 e. The quantitative estimate of drug-likeness (QED) is 0.708. The van der Waals surface area contributed by atoms with Crippen molar-refractivity contribution in [2.75, 3.05) is 0 Å². The van der Waals surface area contributed by atoms with Crippen molar-refractivity contribution in [1.29, 1.82) is 5.26 Å². The van der Waals surface area contributed by atoms with Crippen molar-refractivity contribution < 1.29 is 35.9 Å². The Morgan fingerprint density at radius 1 is 1.78 bits per heavy atom. The van der Waals surface area contributed by atoms with Crippen molar-refractivity contribution in [3.63, 3.8) is 0 Å². The fourth-order valence-electron chi connectivity index (χ4n) is 0.242. The average molecular weight is 368 g/mol. The van der Waals surface area contributed by atoms with E-state index in [4.69, 9.17) is 5.26 Å². The SMILES string of the molecule is N#CCCC(=O)NP.[U]. The molecule has 5 heteroatoms. The first-order valence-corrected chi connectivity index (χ1v) is 2.75. The van der Waals surface area contributed by atoms with Crippen LogP contribution in [-0.4, -0.2) is 5.91 Å². The molecule has 0 aromatic rings. The van der Waals surface area contributed by atoms with Gasteiger partial charge >= 0.3 is 0 Å². The van der Waals surface area contributed by atoms with Gasteiger partial charge in [-0.3, -0.25) is 4.79 Å². The van der Waals surface area contributed by atoms with E-state index in [-0.39, 0.29) is 37.0 Å². The molecule has 0 aromatic heterocycles. The van der Waals surface area contributed by atoms with Crippen molar-refractivity contribution in [2.45, 2.75) is 12.8 Å².